The Labute approximate surface area is 111 Å². The summed E-state index contributed by atoms with van der Waals surface area (Å²) in [4.78, 5) is 13.5. The third-order valence-corrected chi connectivity index (χ3v) is 3.20. The number of likely N-dealkylation sites (N-methyl/N-ethyl adjacent to an activating group) is 1. The van der Waals surface area contributed by atoms with Crippen LogP contribution in [0.25, 0.3) is 0 Å². The Bertz CT molecular complexity index is 294. The molecule has 0 spiro atoms. The number of nitrogens with zero attached hydrogens (tertiary/aromatic N) is 2. The number of nitrogens with one attached hydrogen (secondary N) is 1. The van der Waals surface area contributed by atoms with Crippen LogP contribution in [0.5, 0.6) is 0 Å². The molecular weight excluding hydrogens is 226 g/mol. The molecule has 0 aliphatic heterocycles. The minimum absolute atomic E-state index is 0.126. The van der Waals surface area contributed by atoms with Crippen molar-refractivity contribution < 1.29 is 4.79 Å². The van der Waals surface area contributed by atoms with Gasteiger partial charge in [-0.2, -0.15) is 5.26 Å². The van der Waals surface area contributed by atoms with Crippen molar-refractivity contribution >= 4 is 5.91 Å². The molecule has 0 aromatic carbocycles. The van der Waals surface area contributed by atoms with Crippen LogP contribution in [0.2, 0.25) is 0 Å². The van der Waals surface area contributed by atoms with Gasteiger partial charge in [0, 0.05) is 13.6 Å². The van der Waals surface area contributed by atoms with E-state index in [2.05, 4.69) is 11.4 Å². The Kier molecular flexibility index (Phi) is 7.61. The number of nitriles is 1. The second-order valence-corrected chi connectivity index (χ2v) is 5.48. The zero-order chi connectivity index (χ0) is 14.2. The minimum atomic E-state index is -0.232. The van der Waals surface area contributed by atoms with E-state index < -0.39 is 0 Å². The zero-order valence-electron chi connectivity index (χ0n) is 12.4. The Balaban J connectivity index is 3.74. The molecule has 1 amide bonds. The van der Waals surface area contributed by atoms with Crippen molar-refractivity contribution in [1.29, 1.82) is 5.26 Å². The second-order valence-electron chi connectivity index (χ2n) is 5.48. The van der Waals surface area contributed by atoms with Gasteiger partial charge >= 0.3 is 0 Å². The summed E-state index contributed by atoms with van der Waals surface area (Å²) in [5.74, 6) is 0.134. The molecule has 0 aliphatic rings. The van der Waals surface area contributed by atoms with Crippen LogP contribution in [0.15, 0.2) is 0 Å². The Morgan fingerprint density at radius 1 is 1.44 bits per heavy atom. The first-order valence-corrected chi connectivity index (χ1v) is 6.73. The van der Waals surface area contributed by atoms with Gasteiger partial charge in [0.1, 0.15) is 0 Å². The summed E-state index contributed by atoms with van der Waals surface area (Å²) < 4.78 is 0. The molecule has 104 valence electrons. The molecule has 4 heteroatoms. The third-order valence-electron chi connectivity index (χ3n) is 3.20. The van der Waals surface area contributed by atoms with E-state index in [0.717, 1.165) is 32.4 Å². The molecular formula is C14H27N3O. The number of carbonyl (C=O) groups is 1. The topological polar surface area (TPSA) is 56.1 Å². The lowest BCUT2D eigenvalue weighted by Crippen LogP contribution is -2.43. The van der Waals surface area contributed by atoms with Gasteiger partial charge in [-0.25, -0.2) is 0 Å². The van der Waals surface area contributed by atoms with Gasteiger partial charge in [0.15, 0.2) is 0 Å². The number of hydrogen-bond acceptors (Lipinski definition) is 3. The Hall–Kier alpha value is -1.08. The standard InChI is InChI=1S/C14H27N3O/c1-6-17(5)13(18)12(2)16-10-8-7-9-14(3,4)11-15/h12,16H,6-10H2,1-5H3. The normalized spacial score (nSPS) is 12.9. The van der Waals surface area contributed by atoms with Gasteiger partial charge in [0.05, 0.1) is 17.5 Å². The van der Waals surface area contributed by atoms with Crippen molar-refractivity contribution in [2.24, 2.45) is 5.41 Å². The smallest absolute Gasteiger partial charge is 0.239 e. The molecule has 0 radical (unpaired) electrons. The van der Waals surface area contributed by atoms with E-state index in [1.807, 2.05) is 34.7 Å². The molecule has 4 nitrogen and oxygen atoms in total. The van der Waals surface area contributed by atoms with Crippen LogP contribution in [0.1, 0.15) is 47.0 Å². The molecule has 0 aromatic heterocycles. The Morgan fingerprint density at radius 3 is 2.56 bits per heavy atom. The van der Waals surface area contributed by atoms with E-state index in [1.165, 1.54) is 0 Å². The van der Waals surface area contributed by atoms with Crippen molar-refractivity contribution in [3.05, 3.63) is 0 Å². The summed E-state index contributed by atoms with van der Waals surface area (Å²) >= 11 is 0. The summed E-state index contributed by atoms with van der Waals surface area (Å²) in [7, 11) is 1.82. The molecule has 1 atom stereocenters. The molecule has 1 N–H and O–H groups in total. The summed E-state index contributed by atoms with van der Waals surface area (Å²) in [5, 5.41) is 12.1. The van der Waals surface area contributed by atoms with Gasteiger partial charge in [-0.1, -0.05) is 6.42 Å². The molecule has 0 saturated heterocycles. The monoisotopic (exact) mass is 253 g/mol. The zero-order valence-corrected chi connectivity index (χ0v) is 12.4. The minimum Gasteiger partial charge on any atom is -0.345 e. The number of carbonyl (C=O) groups excluding carboxylic acids is 1. The van der Waals surface area contributed by atoms with Gasteiger partial charge in [-0.05, 0) is 47.1 Å². The molecule has 0 bridgehead atoms. The molecule has 1 unspecified atom stereocenters. The fourth-order valence-electron chi connectivity index (χ4n) is 1.64. The third kappa shape index (κ3) is 6.61. The highest BCUT2D eigenvalue weighted by Crippen LogP contribution is 2.21. The highest BCUT2D eigenvalue weighted by atomic mass is 16.2. The average Bonchev–Trinajstić information content (AvgIpc) is 2.36. The molecule has 0 saturated carbocycles. The van der Waals surface area contributed by atoms with E-state index in [1.54, 1.807) is 4.90 Å². The van der Waals surface area contributed by atoms with Crippen LogP contribution in [0, 0.1) is 16.7 Å². The largest absolute Gasteiger partial charge is 0.345 e. The van der Waals surface area contributed by atoms with Crippen molar-refractivity contribution in [3.8, 4) is 6.07 Å². The van der Waals surface area contributed by atoms with Gasteiger partial charge in [0.25, 0.3) is 0 Å². The molecule has 0 aliphatic carbocycles. The fourth-order valence-corrected chi connectivity index (χ4v) is 1.64. The first-order valence-electron chi connectivity index (χ1n) is 6.73. The van der Waals surface area contributed by atoms with Gasteiger partial charge in [0.2, 0.25) is 5.91 Å². The molecule has 0 heterocycles. The quantitative estimate of drug-likeness (QED) is 0.674. The van der Waals surface area contributed by atoms with Crippen LogP contribution < -0.4 is 5.32 Å². The predicted octanol–water partition coefficient (Wildman–Crippen LogP) is 2.16. The van der Waals surface area contributed by atoms with Crippen molar-refractivity contribution in [3.63, 3.8) is 0 Å². The van der Waals surface area contributed by atoms with Crippen LogP contribution in [-0.2, 0) is 4.79 Å². The lowest BCUT2D eigenvalue weighted by Gasteiger charge is -2.21. The maximum Gasteiger partial charge on any atom is 0.239 e. The van der Waals surface area contributed by atoms with Gasteiger partial charge in [-0.15, -0.1) is 0 Å². The number of unbranched alkanes of at least 4 members (excludes halogenated alkanes) is 1. The number of rotatable bonds is 8. The summed E-state index contributed by atoms with van der Waals surface area (Å²) in [6, 6.07) is 2.17. The van der Waals surface area contributed by atoms with Crippen molar-refractivity contribution in [2.75, 3.05) is 20.1 Å². The first-order chi connectivity index (χ1) is 8.34. The van der Waals surface area contributed by atoms with E-state index in [0.29, 0.717) is 0 Å². The SMILES string of the molecule is CCN(C)C(=O)C(C)NCCCCC(C)(C)C#N. The molecule has 0 aromatic rings. The van der Waals surface area contributed by atoms with Gasteiger partial charge in [-0.3, -0.25) is 4.79 Å². The van der Waals surface area contributed by atoms with E-state index in [-0.39, 0.29) is 17.4 Å². The van der Waals surface area contributed by atoms with Crippen molar-refractivity contribution in [1.82, 2.24) is 10.2 Å². The van der Waals surface area contributed by atoms with E-state index in [4.69, 9.17) is 5.26 Å². The average molecular weight is 253 g/mol. The number of hydrogen-bond donors (Lipinski definition) is 1. The summed E-state index contributed by atoms with van der Waals surface area (Å²) in [6.45, 7) is 9.35. The molecule has 0 rings (SSSR count). The Morgan fingerprint density at radius 2 is 2.06 bits per heavy atom. The molecule has 18 heavy (non-hydrogen) atoms. The highest BCUT2D eigenvalue weighted by Gasteiger charge is 2.17. The van der Waals surface area contributed by atoms with E-state index in [9.17, 15) is 4.79 Å². The van der Waals surface area contributed by atoms with E-state index >= 15 is 0 Å². The summed E-state index contributed by atoms with van der Waals surface area (Å²) in [6.07, 6.45) is 2.92. The van der Waals surface area contributed by atoms with Crippen LogP contribution in [0.3, 0.4) is 0 Å². The maximum absolute atomic E-state index is 11.8. The van der Waals surface area contributed by atoms with Crippen molar-refractivity contribution in [2.45, 2.75) is 53.0 Å². The maximum atomic E-state index is 11.8. The predicted molar refractivity (Wildman–Crippen MR) is 74.0 cm³/mol. The highest BCUT2D eigenvalue weighted by molar-refractivity contribution is 5.81. The summed E-state index contributed by atoms with van der Waals surface area (Å²) in [5.41, 5.74) is -0.232. The van der Waals surface area contributed by atoms with Gasteiger partial charge < -0.3 is 10.2 Å². The fraction of sp³-hybridized carbons (Fsp3) is 0.857. The van der Waals surface area contributed by atoms with Crippen LogP contribution in [0.4, 0.5) is 0 Å². The first kappa shape index (κ1) is 16.9. The second kappa shape index (κ2) is 8.10. The number of amides is 1. The van der Waals surface area contributed by atoms with Crippen LogP contribution in [-0.4, -0.2) is 37.0 Å². The molecule has 0 fully saturated rings. The lowest BCUT2D eigenvalue weighted by molar-refractivity contribution is -0.131. The lowest BCUT2D eigenvalue weighted by atomic mass is 9.89. The van der Waals surface area contributed by atoms with Crippen LogP contribution >= 0.6 is 0 Å².